The van der Waals surface area contributed by atoms with E-state index in [1.54, 1.807) is 0 Å². The highest BCUT2D eigenvalue weighted by Crippen LogP contribution is 2.42. The number of likely N-dealkylation sites (tertiary alicyclic amines) is 1. The second-order valence-electron chi connectivity index (χ2n) is 8.05. The number of halogens is 2. The molecule has 154 valence electrons. The number of carbonyl (C=O) groups is 1. The van der Waals surface area contributed by atoms with Crippen molar-refractivity contribution in [2.45, 2.75) is 37.3 Å². The van der Waals surface area contributed by atoms with E-state index >= 15 is 0 Å². The molecular formula is C23H27F2N3O. The van der Waals surface area contributed by atoms with Gasteiger partial charge >= 0.3 is 6.03 Å². The normalized spacial score (nSPS) is 22.7. The minimum atomic E-state index is -0.450. The van der Waals surface area contributed by atoms with E-state index in [0.717, 1.165) is 37.6 Å². The molecule has 1 unspecified atom stereocenters. The molecule has 1 N–H and O–H groups in total. The lowest BCUT2D eigenvalue weighted by Crippen LogP contribution is -2.49. The lowest BCUT2D eigenvalue weighted by atomic mass is 9.93. The van der Waals surface area contributed by atoms with Crippen molar-refractivity contribution in [3.8, 4) is 0 Å². The van der Waals surface area contributed by atoms with Gasteiger partial charge < -0.3 is 15.1 Å². The van der Waals surface area contributed by atoms with Crippen LogP contribution >= 0.6 is 0 Å². The summed E-state index contributed by atoms with van der Waals surface area (Å²) in [5, 5.41) is 3.32. The molecule has 0 spiro atoms. The van der Waals surface area contributed by atoms with Crippen molar-refractivity contribution in [3.05, 3.63) is 71.3 Å². The molecule has 4 rings (SSSR count). The molecule has 0 saturated carbocycles. The third-order valence-corrected chi connectivity index (χ3v) is 6.29. The Bertz CT molecular complexity index is 854. The monoisotopic (exact) mass is 399 g/mol. The zero-order valence-corrected chi connectivity index (χ0v) is 16.7. The topological polar surface area (TPSA) is 35.6 Å². The Labute approximate surface area is 170 Å². The smallest absolute Gasteiger partial charge is 0.320 e. The van der Waals surface area contributed by atoms with Crippen LogP contribution in [0.15, 0.2) is 48.5 Å². The molecule has 2 aliphatic heterocycles. The van der Waals surface area contributed by atoms with Gasteiger partial charge in [-0.05, 0) is 61.7 Å². The predicted octanol–water partition coefficient (Wildman–Crippen LogP) is 4.30. The summed E-state index contributed by atoms with van der Waals surface area (Å²) >= 11 is 0. The fourth-order valence-electron chi connectivity index (χ4n) is 4.64. The fourth-order valence-corrected chi connectivity index (χ4v) is 4.64. The van der Waals surface area contributed by atoms with Crippen LogP contribution in [0.5, 0.6) is 0 Å². The van der Waals surface area contributed by atoms with Gasteiger partial charge in [0, 0.05) is 25.6 Å². The number of hydrogen-bond acceptors (Lipinski definition) is 2. The number of piperidine rings is 1. The first-order chi connectivity index (χ1) is 14.0. The molecule has 6 heteroatoms. The summed E-state index contributed by atoms with van der Waals surface area (Å²) in [6.07, 6.45) is 2.43. The van der Waals surface area contributed by atoms with E-state index in [1.165, 1.54) is 12.1 Å². The molecule has 2 saturated heterocycles. The third kappa shape index (κ3) is 4.13. The van der Waals surface area contributed by atoms with Crippen LogP contribution in [0, 0.1) is 11.6 Å². The Kier molecular flexibility index (Phi) is 5.81. The summed E-state index contributed by atoms with van der Waals surface area (Å²) in [4.78, 5) is 17.1. The molecule has 29 heavy (non-hydrogen) atoms. The molecule has 2 aliphatic rings. The van der Waals surface area contributed by atoms with E-state index in [0.29, 0.717) is 18.5 Å². The van der Waals surface area contributed by atoms with Crippen molar-refractivity contribution >= 4 is 6.03 Å². The van der Waals surface area contributed by atoms with E-state index in [2.05, 4.69) is 5.32 Å². The molecule has 0 bridgehead atoms. The van der Waals surface area contributed by atoms with Gasteiger partial charge in [-0.25, -0.2) is 13.6 Å². The van der Waals surface area contributed by atoms with Crippen molar-refractivity contribution in [1.29, 1.82) is 0 Å². The van der Waals surface area contributed by atoms with Crippen LogP contribution in [0.1, 0.15) is 42.3 Å². The highest BCUT2D eigenvalue weighted by Gasteiger charge is 2.40. The maximum atomic E-state index is 14.4. The van der Waals surface area contributed by atoms with Crippen molar-refractivity contribution in [1.82, 2.24) is 15.1 Å². The lowest BCUT2D eigenvalue weighted by Gasteiger charge is -2.36. The number of nitrogens with zero attached hydrogens (tertiary/aromatic N) is 2. The van der Waals surface area contributed by atoms with Gasteiger partial charge in [-0.15, -0.1) is 0 Å². The molecule has 2 atom stereocenters. The molecule has 0 aromatic heterocycles. The minimum Gasteiger partial charge on any atom is -0.325 e. The summed E-state index contributed by atoms with van der Waals surface area (Å²) in [5.74, 6) is -1.10. The van der Waals surface area contributed by atoms with Gasteiger partial charge in [0.25, 0.3) is 0 Å². The third-order valence-electron chi connectivity index (χ3n) is 6.29. The van der Waals surface area contributed by atoms with Crippen molar-refractivity contribution in [2.24, 2.45) is 0 Å². The highest BCUT2D eigenvalue weighted by molar-refractivity contribution is 5.75. The Morgan fingerprint density at radius 2 is 1.83 bits per heavy atom. The van der Waals surface area contributed by atoms with Crippen LogP contribution in [0.4, 0.5) is 13.6 Å². The number of urea groups is 1. The van der Waals surface area contributed by atoms with Gasteiger partial charge in [-0.2, -0.15) is 0 Å². The first-order valence-corrected chi connectivity index (χ1v) is 10.3. The van der Waals surface area contributed by atoms with E-state index < -0.39 is 11.6 Å². The van der Waals surface area contributed by atoms with Crippen molar-refractivity contribution in [3.63, 3.8) is 0 Å². The Morgan fingerprint density at radius 3 is 2.55 bits per heavy atom. The van der Waals surface area contributed by atoms with Crippen molar-refractivity contribution < 1.29 is 13.6 Å². The highest BCUT2D eigenvalue weighted by atomic mass is 19.1. The number of rotatable bonds is 3. The van der Waals surface area contributed by atoms with E-state index in [-0.39, 0.29) is 24.0 Å². The molecular weight excluding hydrogens is 372 g/mol. The molecule has 2 aromatic carbocycles. The number of hydrogen-bond donors (Lipinski definition) is 1. The van der Waals surface area contributed by atoms with Crippen LogP contribution < -0.4 is 5.32 Å². The van der Waals surface area contributed by atoms with Crippen LogP contribution in [-0.4, -0.2) is 48.6 Å². The van der Waals surface area contributed by atoms with Gasteiger partial charge in [0.2, 0.25) is 0 Å². The largest absolute Gasteiger partial charge is 0.325 e. The van der Waals surface area contributed by atoms with E-state index in [9.17, 15) is 13.6 Å². The number of carbonyl (C=O) groups excluding carboxylic acids is 1. The molecule has 2 aromatic rings. The van der Waals surface area contributed by atoms with Crippen molar-refractivity contribution in [2.75, 3.05) is 26.7 Å². The maximum Gasteiger partial charge on any atom is 0.320 e. The second kappa shape index (κ2) is 8.49. The summed E-state index contributed by atoms with van der Waals surface area (Å²) in [5.41, 5.74) is 1.38. The maximum absolute atomic E-state index is 14.4. The molecule has 2 amide bonds. The first kappa shape index (κ1) is 19.8. The molecule has 2 heterocycles. The van der Waals surface area contributed by atoms with Gasteiger partial charge in [-0.1, -0.05) is 30.3 Å². The zero-order valence-electron chi connectivity index (χ0n) is 16.7. The minimum absolute atomic E-state index is 0.0370. The average Bonchev–Trinajstić information content (AvgIpc) is 3.21. The predicted molar refractivity (Wildman–Crippen MR) is 109 cm³/mol. The Morgan fingerprint density at radius 1 is 1.10 bits per heavy atom. The molecule has 0 radical (unpaired) electrons. The summed E-state index contributed by atoms with van der Waals surface area (Å²) in [6, 6.07) is 13.4. The molecule has 0 aliphatic carbocycles. The standard InChI is InChI=1S/C23H27F2N3O/c1-27(19-9-11-26-12-10-19)23(29)28-15-17(20-14-18(24)7-8-21(20)25)13-22(28)16-5-3-2-4-6-16/h2-8,14,17,19,22,26H,9-13,15H2,1H3/t17?,22-/m0/s1. The lowest BCUT2D eigenvalue weighted by molar-refractivity contribution is 0.132. The number of nitrogens with one attached hydrogen (secondary N) is 1. The summed E-state index contributed by atoms with van der Waals surface area (Å²) in [6.45, 7) is 2.19. The Balaban J connectivity index is 1.62. The number of amides is 2. The zero-order chi connectivity index (χ0) is 20.4. The van der Waals surface area contributed by atoms with Crippen LogP contribution in [0.25, 0.3) is 0 Å². The quantitative estimate of drug-likeness (QED) is 0.835. The summed E-state index contributed by atoms with van der Waals surface area (Å²) in [7, 11) is 1.86. The van der Waals surface area contributed by atoms with Gasteiger partial charge in [-0.3, -0.25) is 0 Å². The van der Waals surface area contributed by atoms with Crippen LogP contribution in [0.2, 0.25) is 0 Å². The fraction of sp³-hybridized carbons (Fsp3) is 0.435. The average molecular weight is 399 g/mol. The van der Waals surface area contributed by atoms with Crippen LogP contribution in [0.3, 0.4) is 0 Å². The van der Waals surface area contributed by atoms with Crippen LogP contribution in [-0.2, 0) is 0 Å². The summed E-state index contributed by atoms with van der Waals surface area (Å²) < 4.78 is 28.2. The van der Waals surface area contributed by atoms with Gasteiger partial charge in [0.15, 0.2) is 0 Å². The first-order valence-electron chi connectivity index (χ1n) is 10.3. The van der Waals surface area contributed by atoms with Gasteiger partial charge in [0.05, 0.1) is 6.04 Å². The Hall–Kier alpha value is -2.47. The second-order valence-corrected chi connectivity index (χ2v) is 8.05. The number of benzene rings is 2. The SMILES string of the molecule is CN(C(=O)N1CC(c2cc(F)ccc2F)C[C@H]1c1ccccc1)C1CCNCC1. The van der Waals surface area contributed by atoms with E-state index in [4.69, 9.17) is 0 Å². The van der Waals surface area contributed by atoms with E-state index in [1.807, 2.05) is 47.2 Å². The van der Waals surface area contributed by atoms with Gasteiger partial charge in [0.1, 0.15) is 11.6 Å². The molecule has 2 fully saturated rings. The molecule has 4 nitrogen and oxygen atoms in total.